The van der Waals surface area contributed by atoms with E-state index in [-0.39, 0.29) is 23.9 Å². The lowest BCUT2D eigenvalue weighted by Crippen LogP contribution is -2.58. The van der Waals surface area contributed by atoms with Crippen molar-refractivity contribution in [1.29, 1.82) is 0 Å². The van der Waals surface area contributed by atoms with Crippen LogP contribution >= 0.6 is 34.8 Å². The highest BCUT2D eigenvalue weighted by Gasteiger charge is 2.51. The molecule has 4 atom stereocenters. The van der Waals surface area contributed by atoms with Crippen LogP contribution in [-0.4, -0.2) is 10.7 Å². The molecule has 3 aromatic carbocycles. The summed E-state index contributed by atoms with van der Waals surface area (Å²) < 4.78 is 0. The molecule has 1 aliphatic rings. The van der Waals surface area contributed by atoms with E-state index in [1.54, 1.807) is 0 Å². The maximum atomic E-state index is 12.2. The van der Waals surface area contributed by atoms with Crippen molar-refractivity contribution in [2.45, 2.75) is 38.0 Å². The first-order chi connectivity index (χ1) is 14.8. The number of hydrogen-bond acceptors (Lipinski definition) is 2. The summed E-state index contributed by atoms with van der Waals surface area (Å²) >= 11 is 18.8. The predicted octanol–water partition coefficient (Wildman–Crippen LogP) is 7.28. The second-order valence-electron chi connectivity index (χ2n) is 8.56. The fourth-order valence-electron chi connectivity index (χ4n) is 4.85. The molecule has 1 saturated heterocycles. The van der Waals surface area contributed by atoms with Gasteiger partial charge >= 0.3 is 0 Å². The Morgan fingerprint density at radius 1 is 0.742 bits per heavy atom. The molecule has 0 amide bonds. The minimum Gasteiger partial charge on any atom is -0.389 e. The van der Waals surface area contributed by atoms with Gasteiger partial charge in [0.25, 0.3) is 0 Å². The summed E-state index contributed by atoms with van der Waals surface area (Å²) in [5, 5.41) is 18.1. The van der Waals surface area contributed by atoms with Gasteiger partial charge in [-0.1, -0.05) is 91.1 Å². The van der Waals surface area contributed by atoms with Gasteiger partial charge in [0, 0.05) is 45.4 Å². The molecular weight excluding hydrogens is 449 g/mol. The topological polar surface area (TPSA) is 32.3 Å². The van der Waals surface area contributed by atoms with Crippen molar-refractivity contribution >= 4 is 34.8 Å². The molecule has 1 aliphatic heterocycles. The lowest BCUT2D eigenvalue weighted by atomic mass is 9.64. The first-order valence-electron chi connectivity index (χ1n) is 10.5. The summed E-state index contributed by atoms with van der Waals surface area (Å²) in [5.74, 6) is -0.132. The third-order valence-corrected chi connectivity index (χ3v) is 7.70. The Kier molecular flexibility index (Phi) is 6.67. The number of nitrogens with one attached hydrogen (secondary N) is 1. The van der Waals surface area contributed by atoms with Crippen LogP contribution in [-0.2, 0) is 6.42 Å². The highest BCUT2D eigenvalue weighted by Crippen LogP contribution is 2.48. The number of benzene rings is 3. The van der Waals surface area contributed by atoms with Crippen molar-refractivity contribution in [2.24, 2.45) is 11.8 Å². The Hall–Kier alpha value is -1.55. The Morgan fingerprint density at radius 2 is 1.19 bits per heavy atom. The van der Waals surface area contributed by atoms with Gasteiger partial charge in [-0.15, -0.1) is 0 Å². The Balaban J connectivity index is 1.78. The minimum atomic E-state index is -0.981. The van der Waals surface area contributed by atoms with E-state index >= 15 is 0 Å². The van der Waals surface area contributed by atoms with Crippen molar-refractivity contribution in [3.63, 3.8) is 0 Å². The molecule has 3 aromatic rings. The number of halogens is 3. The molecule has 2 nitrogen and oxygen atoms in total. The van der Waals surface area contributed by atoms with Gasteiger partial charge in [-0.2, -0.15) is 0 Å². The molecule has 0 bridgehead atoms. The van der Waals surface area contributed by atoms with E-state index in [9.17, 15) is 5.11 Å². The highest BCUT2D eigenvalue weighted by atomic mass is 35.5. The van der Waals surface area contributed by atoms with Gasteiger partial charge < -0.3 is 10.4 Å². The van der Waals surface area contributed by atoms with Gasteiger partial charge in [-0.25, -0.2) is 0 Å². The van der Waals surface area contributed by atoms with Gasteiger partial charge in [-0.3, -0.25) is 0 Å². The second kappa shape index (κ2) is 9.13. The van der Waals surface area contributed by atoms with Gasteiger partial charge in [0.2, 0.25) is 0 Å². The molecule has 0 unspecified atom stereocenters. The Bertz CT molecular complexity index is 978. The third kappa shape index (κ3) is 4.51. The van der Waals surface area contributed by atoms with Crippen LogP contribution in [0.3, 0.4) is 0 Å². The highest BCUT2D eigenvalue weighted by molar-refractivity contribution is 6.31. The molecule has 162 valence electrons. The number of piperidine rings is 1. The summed E-state index contributed by atoms with van der Waals surface area (Å²) in [6, 6.07) is 23.4. The molecule has 2 N–H and O–H groups in total. The van der Waals surface area contributed by atoms with E-state index in [0.29, 0.717) is 21.5 Å². The summed E-state index contributed by atoms with van der Waals surface area (Å²) in [7, 11) is 0. The van der Waals surface area contributed by atoms with Gasteiger partial charge in [0.05, 0.1) is 5.60 Å². The van der Waals surface area contributed by atoms with Gasteiger partial charge in [0.1, 0.15) is 0 Å². The zero-order valence-electron chi connectivity index (χ0n) is 17.5. The normalized spacial score (nSPS) is 28.5. The van der Waals surface area contributed by atoms with Crippen molar-refractivity contribution < 1.29 is 5.11 Å². The molecule has 31 heavy (non-hydrogen) atoms. The van der Waals surface area contributed by atoms with Crippen molar-refractivity contribution in [1.82, 2.24) is 5.32 Å². The van der Waals surface area contributed by atoms with Crippen LogP contribution in [0.25, 0.3) is 0 Å². The number of rotatable bonds is 4. The number of aliphatic hydroxyl groups is 1. The van der Waals surface area contributed by atoms with Crippen LogP contribution in [0.4, 0.5) is 0 Å². The molecule has 1 heterocycles. The molecular formula is C26H26Cl3NO. The van der Waals surface area contributed by atoms with Crippen LogP contribution in [0.2, 0.25) is 15.1 Å². The summed E-state index contributed by atoms with van der Waals surface area (Å²) in [6.07, 6.45) is 0.477. The fraction of sp³-hybridized carbons (Fsp3) is 0.308. The average Bonchev–Trinajstić information content (AvgIpc) is 2.76. The molecule has 5 heteroatoms. The van der Waals surface area contributed by atoms with Crippen LogP contribution < -0.4 is 5.32 Å². The first-order valence-corrected chi connectivity index (χ1v) is 11.7. The van der Waals surface area contributed by atoms with Crippen LogP contribution in [0.1, 0.15) is 42.6 Å². The largest absolute Gasteiger partial charge is 0.389 e. The molecule has 0 aliphatic carbocycles. The van der Waals surface area contributed by atoms with Gasteiger partial charge in [-0.05, 0) is 47.0 Å². The molecule has 0 radical (unpaired) electrons. The maximum absolute atomic E-state index is 12.2. The Labute approximate surface area is 199 Å². The van der Waals surface area contributed by atoms with Crippen molar-refractivity contribution in [3.05, 3.63) is 105 Å². The van der Waals surface area contributed by atoms with Crippen molar-refractivity contribution in [2.75, 3.05) is 0 Å². The van der Waals surface area contributed by atoms with Crippen molar-refractivity contribution in [3.8, 4) is 0 Å². The van der Waals surface area contributed by atoms with E-state index in [2.05, 4.69) is 19.2 Å². The van der Waals surface area contributed by atoms with Crippen LogP contribution in [0.15, 0.2) is 72.8 Å². The number of hydrogen-bond donors (Lipinski definition) is 2. The van der Waals surface area contributed by atoms with E-state index in [0.717, 1.165) is 16.7 Å². The van der Waals surface area contributed by atoms with E-state index < -0.39 is 5.60 Å². The zero-order chi connectivity index (χ0) is 22.2. The predicted molar refractivity (Wildman–Crippen MR) is 130 cm³/mol. The Morgan fingerprint density at radius 3 is 1.65 bits per heavy atom. The van der Waals surface area contributed by atoms with E-state index in [1.807, 2.05) is 72.8 Å². The lowest BCUT2D eigenvalue weighted by Gasteiger charge is -2.52. The van der Waals surface area contributed by atoms with E-state index in [4.69, 9.17) is 34.8 Å². The second-order valence-corrected chi connectivity index (χ2v) is 9.84. The monoisotopic (exact) mass is 473 g/mol. The summed E-state index contributed by atoms with van der Waals surface area (Å²) in [6.45, 7) is 4.22. The first kappa shape index (κ1) is 22.6. The molecule has 0 saturated carbocycles. The quantitative estimate of drug-likeness (QED) is 0.416. The average molecular weight is 475 g/mol. The maximum Gasteiger partial charge on any atom is 0.0775 e. The molecule has 0 aromatic heterocycles. The third-order valence-electron chi connectivity index (χ3n) is 6.83. The smallest absolute Gasteiger partial charge is 0.0775 e. The summed E-state index contributed by atoms with van der Waals surface area (Å²) in [5.41, 5.74) is 2.17. The zero-order valence-corrected chi connectivity index (χ0v) is 19.8. The standard InChI is InChI=1S/C26H26Cl3NO/c1-16-24(18-7-11-21(27)12-8-18)30-25(19-9-13-22(28)14-10-19)17(2)26(16,31)15-20-5-3-4-6-23(20)29/h3-14,16-17,24-25,30-31H,15H2,1-2H3/t16-,17-,24-,25-/m1/s1. The minimum absolute atomic E-state index is 0.0540. The summed E-state index contributed by atoms with van der Waals surface area (Å²) in [4.78, 5) is 0. The molecule has 4 rings (SSSR count). The molecule has 0 spiro atoms. The lowest BCUT2D eigenvalue weighted by molar-refractivity contribution is -0.110. The van der Waals surface area contributed by atoms with E-state index in [1.165, 1.54) is 0 Å². The SMILES string of the molecule is C[C@@H]1[C@H](c2ccc(Cl)cc2)N[C@@H](c2ccc(Cl)cc2)[C@@H](C)C1(O)Cc1ccccc1Cl. The molecule has 1 fully saturated rings. The van der Waals surface area contributed by atoms with Crippen LogP contribution in [0.5, 0.6) is 0 Å². The van der Waals surface area contributed by atoms with Crippen LogP contribution in [0, 0.1) is 11.8 Å². The van der Waals surface area contributed by atoms with Gasteiger partial charge in [0.15, 0.2) is 0 Å². The fourth-order valence-corrected chi connectivity index (χ4v) is 5.31.